The number of H-pyrrole nitrogens is 2. The average molecular weight is 483 g/mol. The highest BCUT2D eigenvalue weighted by molar-refractivity contribution is 7.99. The van der Waals surface area contributed by atoms with Gasteiger partial charge in [0.1, 0.15) is 11.5 Å². The molecular formula is C23H23ClN6O2S. The molecule has 1 aromatic carbocycles. The van der Waals surface area contributed by atoms with Crippen LogP contribution in [0.5, 0.6) is 0 Å². The van der Waals surface area contributed by atoms with E-state index in [0.717, 1.165) is 41.2 Å². The number of nitrogens with one attached hydrogen (secondary N) is 2. The number of pyridine rings is 1. The summed E-state index contributed by atoms with van der Waals surface area (Å²) in [7, 11) is 0. The van der Waals surface area contributed by atoms with Crippen LogP contribution in [0.25, 0.3) is 21.9 Å². The summed E-state index contributed by atoms with van der Waals surface area (Å²) in [4.78, 5) is 43.4. The van der Waals surface area contributed by atoms with Gasteiger partial charge in [-0.3, -0.25) is 9.59 Å². The van der Waals surface area contributed by atoms with Gasteiger partial charge < -0.3 is 20.6 Å². The van der Waals surface area contributed by atoms with Crippen LogP contribution in [0.1, 0.15) is 36.3 Å². The molecule has 170 valence electrons. The van der Waals surface area contributed by atoms with Gasteiger partial charge in [-0.25, -0.2) is 9.97 Å². The van der Waals surface area contributed by atoms with E-state index in [1.165, 1.54) is 24.9 Å². The Morgan fingerprint density at radius 3 is 2.88 bits per heavy atom. The second-order valence-corrected chi connectivity index (χ2v) is 9.64. The number of nitrogens with zero attached hydrogens (tertiary/aromatic N) is 3. The average Bonchev–Trinajstić information content (AvgIpc) is 3.36. The highest BCUT2D eigenvalue weighted by Crippen LogP contribution is 2.37. The molecule has 0 spiro atoms. The fourth-order valence-electron chi connectivity index (χ4n) is 4.20. The smallest absolute Gasteiger partial charge is 0.200 e. The first kappa shape index (κ1) is 21.9. The lowest BCUT2D eigenvalue weighted by Gasteiger charge is -2.18. The predicted octanol–water partition coefficient (Wildman–Crippen LogP) is 3.91. The zero-order valence-electron chi connectivity index (χ0n) is 18.2. The van der Waals surface area contributed by atoms with Crippen molar-refractivity contribution in [2.24, 2.45) is 5.73 Å². The normalized spacial score (nSPS) is 16.2. The summed E-state index contributed by atoms with van der Waals surface area (Å²) < 4.78 is 0. The Kier molecular flexibility index (Phi) is 5.64. The molecule has 10 heteroatoms. The number of nitrogens with two attached hydrogens (primary N) is 1. The number of benzene rings is 1. The summed E-state index contributed by atoms with van der Waals surface area (Å²) in [6.07, 6.45) is 3.11. The monoisotopic (exact) mass is 482 g/mol. The zero-order valence-corrected chi connectivity index (χ0v) is 19.8. The van der Waals surface area contributed by atoms with Gasteiger partial charge in [0, 0.05) is 46.8 Å². The lowest BCUT2D eigenvalue weighted by Crippen LogP contribution is -2.27. The van der Waals surface area contributed by atoms with E-state index in [-0.39, 0.29) is 22.8 Å². The van der Waals surface area contributed by atoms with Crippen molar-refractivity contribution in [2.45, 2.75) is 42.8 Å². The number of rotatable bonds is 5. The van der Waals surface area contributed by atoms with Gasteiger partial charge in [0.2, 0.25) is 0 Å². The molecule has 1 aliphatic heterocycles. The van der Waals surface area contributed by atoms with E-state index in [1.807, 2.05) is 19.1 Å². The van der Waals surface area contributed by atoms with Crippen LogP contribution in [-0.4, -0.2) is 44.9 Å². The predicted molar refractivity (Wildman–Crippen MR) is 132 cm³/mol. The fourth-order valence-corrected chi connectivity index (χ4v) is 5.34. The Hall–Kier alpha value is -2.88. The first-order chi connectivity index (χ1) is 15.9. The molecule has 0 unspecified atom stereocenters. The van der Waals surface area contributed by atoms with Crippen LogP contribution < -0.4 is 16.1 Å². The van der Waals surface area contributed by atoms with Crippen molar-refractivity contribution >= 4 is 56.9 Å². The van der Waals surface area contributed by atoms with Crippen molar-refractivity contribution in [1.82, 2.24) is 19.9 Å². The lowest BCUT2D eigenvalue weighted by molar-refractivity contribution is 0.101. The number of carbonyl (C=O) groups is 1. The van der Waals surface area contributed by atoms with Crippen molar-refractivity contribution in [3.05, 3.63) is 50.9 Å². The van der Waals surface area contributed by atoms with Crippen molar-refractivity contribution in [3.63, 3.8) is 0 Å². The number of fused-ring (bicyclic) bond motifs is 2. The number of ketones is 1. The van der Waals surface area contributed by atoms with Crippen LogP contribution in [0, 0.1) is 0 Å². The highest BCUT2D eigenvalue weighted by atomic mass is 35.5. The van der Waals surface area contributed by atoms with Gasteiger partial charge in [-0.1, -0.05) is 18.5 Å². The summed E-state index contributed by atoms with van der Waals surface area (Å²) in [6, 6.07) is 5.58. The maximum atomic E-state index is 12.8. The molecule has 0 saturated carbocycles. The fraction of sp³-hybridized carbons (Fsp3) is 0.304. The van der Waals surface area contributed by atoms with E-state index in [0.29, 0.717) is 33.3 Å². The summed E-state index contributed by atoms with van der Waals surface area (Å²) in [5.74, 6) is 0.503. The number of aromatic amines is 2. The molecular weight excluding hydrogens is 460 g/mol. The molecule has 0 aliphatic carbocycles. The third-order valence-electron chi connectivity index (χ3n) is 5.94. The van der Waals surface area contributed by atoms with E-state index in [4.69, 9.17) is 27.3 Å². The number of halogens is 1. The van der Waals surface area contributed by atoms with Gasteiger partial charge in [0.25, 0.3) is 0 Å². The number of hydrogen-bond acceptors (Lipinski definition) is 7. The van der Waals surface area contributed by atoms with Gasteiger partial charge in [-0.05, 0) is 49.7 Å². The summed E-state index contributed by atoms with van der Waals surface area (Å²) in [6.45, 7) is 4.93. The minimum atomic E-state index is -0.287. The van der Waals surface area contributed by atoms with E-state index < -0.39 is 0 Å². The molecule has 5 rings (SSSR count). The molecule has 0 radical (unpaired) electrons. The molecule has 8 nitrogen and oxygen atoms in total. The first-order valence-corrected chi connectivity index (χ1v) is 12.0. The number of Topliss-reactive ketones (excluding diaryl/α,β-unsaturated/α-hetero) is 1. The minimum Gasteiger partial charge on any atom is -0.360 e. The molecule has 4 heterocycles. The standard InChI is InChI=1S/C23H23ClN6O2S/c1-3-16-19(24)18-21(27-16)28-23(29-22(18)30-7-6-12(25)10-30)33-13-4-5-17-14(8-13)20(32)15(9-26-17)11(2)31/h4-5,8-9,12H,3,6-7,10,25H2,1-2H3,(H,26,32)(H,27,28,29)/t12-/m0/s1. The van der Waals surface area contributed by atoms with Crippen LogP contribution in [-0.2, 0) is 6.42 Å². The van der Waals surface area contributed by atoms with Gasteiger partial charge in [0.15, 0.2) is 16.4 Å². The van der Waals surface area contributed by atoms with Gasteiger partial charge in [0.05, 0.1) is 16.0 Å². The van der Waals surface area contributed by atoms with Gasteiger partial charge >= 0.3 is 0 Å². The van der Waals surface area contributed by atoms with Crippen molar-refractivity contribution in [3.8, 4) is 0 Å². The molecule has 0 amide bonds. The van der Waals surface area contributed by atoms with E-state index in [2.05, 4.69) is 14.9 Å². The molecule has 1 atom stereocenters. The van der Waals surface area contributed by atoms with Crippen LogP contribution in [0.3, 0.4) is 0 Å². The SMILES string of the molecule is CCc1[nH]c2nc(Sc3ccc4[nH]cc(C(C)=O)c(=O)c4c3)nc(N3CC[C@H](N)C3)c2c1Cl. The minimum absolute atomic E-state index is 0.0946. The van der Waals surface area contributed by atoms with Gasteiger partial charge in [-0.2, -0.15) is 0 Å². The Balaban J connectivity index is 1.60. The molecule has 1 fully saturated rings. The molecule has 0 bridgehead atoms. The first-order valence-electron chi connectivity index (χ1n) is 10.8. The Morgan fingerprint density at radius 1 is 1.36 bits per heavy atom. The largest absolute Gasteiger partial charge is 0.360 e. The molecule has 1 saturated heterocycles. The topological polar surface area (TPSA) is 121 Å². The zero-order chi connectivity index (χ0) is 23.3. The number of aryl methyl sites for hydroxylation is 1. The van der Waals surface area contributed by atoms with Crippen molar-refractivity contribution in [1.29, 1.82) is 0 Å². The second kappa shape index (κ2) is 8.48. The van der Waals surface area contributed by atoms with Crippen LogP contribution in [0.2, 0.25) is 5.02 Å². The quantitative estimate of drug-likeness (QED) is 0.291. The lowest BCUT2D eigenvalue weighted by atomic mass is 10.1. The van der Waals surface area contributed by atoms with Crippen LogP contribution in [0.4, 0.5) is 5.82 Å². The van der Waals surface area contributed by atoms with Crippen molar-refractivity contribution < 1.29 is 4.79 Å². The number of carbonyl (C=O) groups excluding carboxylic acids is 1. The molecule has 33 heavy (non-hydrogen) atoms. The Morgan fingerprint density at radius 2 is 2.18 bits per heavy atom. The molecule has 4 N–H and O–H groups in total. The molecule has 3 aromatic heterocycles. The van der Waals surface area contributed by atoms with Gasteiger partial charge in [-0.15, -0.1) is 0 Å². The van der Waals surface area contributed by atoms with E-state index in [1.54, 1.807) is 6.07 Å². The number of aromatic nitrogens is 4. The third-order valence-corrected chi connectivity index (χ3v) is 7.21. The third kappa shape index (κ3) is 3.90. The summed E-state index contributed by atoms with van der Waals surface area (Å²) in [5, 5.41) is 2.45. The van der Waals surface area contributed by atoms with Crippen LogP contribution in [0.15, 0.2) is 39.2 Å². The van der Waals surface area contributed by atoms with Crippen LogP contribution >= 0.6 is 23.4 Å². The second-order valence-electron chi connectivity index (χ2n) is 8.22. The summed E-state index contributed by atoms with van der Waals surface area (Å²) in [5.41, 5.74) is 8.27. The number of anilines is 1. The Bertz CT molecular complexity index is 1460. The molecule has 4 aromatic rings. The van der Waals surface area contributed by atoms with E-state index in [9.17, 15) is 9.59 Å². The van der Waals surface area contributed by atoms with E-state index >= 15 is 0 Å². The number of hydrogen-bond donors (Lipinski definition) is 3. The van der Waals surface area contributed by atoms with Crippen molar-refractivity contribution in [2.75, 3.05) is 18.0 Å². The molecule has 1 aliphatic rings. The highest BCUT2D eigenvalue weighted by Gasteiger charge is 2.26. The maximum absolute atomic E-state index is 12.8. The Labute approximate surface area is 198 Å². The summed E-state index contributed by atoms with van der Waals surface area (Å²) >= 11 is 8.03. The maximum Gasteiger partial charge on any atom is 0.200 e.